The number of allylic oxidation sites excluding steroid dienone is 8. The molecule has 0 rings (SSSR count). The minimum Gasteiger partial charge on any atom is -0.462 e. The topological polar surface area (TPSA) is 78.9 Å². The third-order valence-corrected chi connectivity index (χ3v) is 16.1. The molecule has 80 heavy (non-hydrogen) atoms. The van der Waals surface area contributed by atoms with Crippen LogP contribution in [0, 0.1) is 0 Å². The number of esters is 3. The molecule has 6 heteroatoms. The van der Waals surface area contributed by atoms with Crippen LogP contribution in [0.4, 0.5) is 0 Å². The lowest BCUT2D eigenvalue weighted by atomic mass is 10.0. The Morgan fingerprint density at radius 1 is 0.250 bits per heavy atom. The Hall–Kier alpha value is -2.63. The molecule has 1 atom stereocenters. The molecule has 0 N–H and O–H groups in total. The summed E-state index contributed by atoms with van der Waals surface area (Å²) in [5, 5.41) is 0. The molecule has 0 aliphatic heterocycles. The normalized spacial score (nSPS) is 12.3. The first-order valence-electron chi connectivity index (χ1n) is 35.6. The van der Waals surface area contributed by atoms with Crippen molar-refractivity contribution in [1.29, 1.82) is 0 Å². The van der Waals surface area contributed by atoms with Gasteiger partial charge in [-0.3, -0.25) is 14.4 Å². The van der Waals surface area contributed by atoms with Gasteiger partial charge in [-0.15, -0.1) is 0 Å². The van der Waals surface area contributed by atoms with Crippen molar-refractivity contribution in [3.05, 3.63) is 48.6 Å². The fourth-order valence-electron chi connectivity index (χ4n) is 10.7. The number of ether oxygens (including phenoxy) is 3. The Morgan fingerprint density at radius 2 is 0.463 bits per heavy atom. The predicted octanol–water partition coefficient (Wildman–Crippen LogP) is 24.5. The van der Waals surface area contributed by atoms with Gasteiger partial charge in [0, 0.05) is 19.3 Å². The lowest BCUT2D eigenvalue weighted by Gasteiger charge is -2.18. The molecule has 0 saturated carbocycles. The van der Waals surface area contributed by atoms with Gasteiger partial charge in [0.05, 0.1) is 0 Å². The van der Waals surface area contributed by atoms with Gasteiger partial charge in [0.25, 0.3) is 0 Å². The van der Waals surface area contributed by atoms with E-state index in [1.54, 1.807) is 0 Å². The van der Waals surface area contributed by atoms with Gasteiger partial charge in [0.15, 0.2) is 6.10 Å². The van der Waals surface area contributed by atoms with Crippen LogP contribution in [0.3, 0.4) is 0 Å². The molecule has 0 bridgehead atoms. The average Bonchev–Trinajstić information content (AvgIpc) is 3.46. The van der Waals surface area contributed by atoms with Crippen molar-refractivity contribution < 1.29 is 28.6 Å². The summed E-state index contributed by atoms with van der Waals surface area (Å²) in [5.74, 6) is -0.854. The van der Waals surface area contributed by atoms with Crippen LogP contribution in [0.1, 0.15) is 387 Å². The zero-order valence-electron chi connectivity index (χ0n) is 53.9. The molecule has 6 nitrogen and oxygen atoms in total. The Kier molecular flexibility index (Phi) is 66.6. The molecule has 0 heterocycles. The molecule has 0 saturated heterocycles. The van der Waals surface area contributed by atoms with E-state index in [2.05, 4.69) is 69.4 Å². The first-order valence-corrected chi connectivity index (χ1v) is 35.6. The van der Waals surface area contributed by atoms with Gasteiger partial charge in [0.2, 0.25) is 0 Å². The van der Waals surface area contributed by atoms with Gasteiger partial charge in [-0.2, -0.15) is 0 Å². The van der Waals surface area contributed by atoms with Crippen molar-refractivity contribution in [3.63, 3.8) is 0 Å². The van der Waals surface area contributed by atoms with E-state index in [0.29, 0.717) is 19.3 Å². The van der Waals surface area contributed by atoms with Gasteiger partial charge in [-0.25, -0.2) is 0 Å². The second-order valence-corrected chi connectivity index (χ2v) is 24.1. The zero-order valence-corrected chi connectivity index (χ0v) is 53.9. The summed E-state index contributed by atoms with van der Waals surface area (Å²) in [6, 6.07) is 0. The lowest BCUT2D eigenvalue weighted by molar-refractivity contribution is -0.167. The van der Waals surface area contributed by atoms with Gasteiger partial charge in [-0.1, -0.05) is 339 Å². The molecule has 0 fully saturated rings. The number of carbonyl (C=O) groups is 3. The van der Waals surface area contributed by atoms with Crippen LogP contribution < -0.4 is 0 Å². The summed E-state index contributed by atoms with van der Waals surface area (Å²) in [4.78, 5) is 38.3. The quantitative estimate of drug-likeness (QED) is 0.0261. The Balaban J connectivity index is 4.09. The molecule has 0 radical (unpaired) electrons. The highest BCUT2D eigenvalue weighted by Gasteiger charge is 2.19. The van der Waals surface area contributed by atoms with E-state index in [-0.39, 0.29) is 31.1 Å². The highest BCUT2D eigenvalue weighted by Crippen LogP contribution is 2.18. The van der Waals surface area contributed by atoms with Crippen LogP contribution in [0.5, 0.6) is 0 Å². The van der Waals surface area contributed by atoms with Crippen LogP contribution in [0.25, 0.3) is 0 Å². The second kappa shape index (κ2) is 68.9. The van der Waals surface area contributed by atoms with Crippen molar-refractivity contribution in [2.24, 2.45) is 0 Å². The van der Waals surface area contributed by atoms with Crippen molar-refractivity contribution in [3.8, 4) is 0 Å². The summed E-state index contributed by atoms with van der Waals surface area (Å²) in [5.41, 5.74) is 0. The summed E-state index contributed by atoms with van der Waals surface area (Å²) in [6.07, 6.45) is 87.3. The zero-order chi connectivity index (χ0) is 57.8. The Labute approximate surface area is 498 Å². The maximum absolute atomic E-state index is 12.9. The van der Waals surface area contributed by atoms with E-state index in [4.69, 9.17) is 14.2 Å². The van der Waals surface area contributed by atoms with Gasteiger partial charge >= 0.3 is 17.9 Å². The third-order valence-electron chi connectivity index (χ3n) is 16.1. The van der Waals surface area contributed by atoms with Crippen LogP contribution >= 0.6 is 0 Å². The van der Waals surface area contributed by atoms with E-state index < -0.39 is 6.10 Å². The third kappa shape index (κ3) is 66.2. The average molecular weight is 1120 g/mol. The van der Waals surface area contributed by atoms with Crippen molar-refractivity contribution in [1.82, 2.24) is 0 Å². The maximum Gasteiger partial charge on any atom is 0.306 e. The molecule has 0 aromatic rings. The summed E-state index contributed by atoms with van der Waals surface area (Å²) >= 11 is 0. The fraction of sp³-hybridized carbons (Fsp3) is 0.851. The van der Waals surface area contributed by atoms with Gasteiger partial charge in [0.1, 0.15) is 13.2 Å². The molecule has 468 valence electrons. The lowest BCUT2D eigenvalue weighted by Crippen LogP contribution is -2.30. The second-order valence-electron chi connectivity index (χ2n) is 24.1. The van der Waals surface area contributed by atoms with E-state index in [1.165, 1.54) is 270 Å². The minimum absolute atomic E-state index is 0.0700. The highest BCUT2D eigenvalue weighted by molar-refractivity contribution is 5.71. The Morgan fingerprint density at radius 3 is 0.750 bits per heavy atom. The number of hydrogen-bond acceptors (Lipinski definition) is 6. The summed E-state index contributed by atoms with van der Waals surface area (Å²) in [6.45, 7) is 6.65. The molecular formula is C74H136O6. The van der Waals surface area contributed by atoms with E-state index in [1.807, 2.05) is 0 Å². The molecule has 0 aromatic carbocycles. The highest BCUT2D eigenvalue weighted by atomic mass is 16.6. The number of rotatable bonds is 66. The molecular weight excluding hydrogens is 985 g/mol. The SMILES string of the molecule is CCCC/C=C\CCCCCCCC(=O)OCC(COC(=O)CCCCCCCCCCCCCCCCCCCC/C=C\C/C=C\C/C=C\CCCCCCC)OC(=O)CCCCCCCCCCCCCCCCCCCC. The monoisotopic (exact) mass is 1120 g/mol. The van der Waals surface area contributed by atoms with Crippen molar-refractivity contribution >= 4 is 17.9 Å². The van der Waals surface area contributed by atoms with E-state index in [0.717, 1.165) is 77.0 Å². The van der Waals surface area contributed by atoms with Crippen molar-refractivity contribution in [2.45, 2.75) is 393 Å². The largest absolute Gasteiger partial charge is 0.462 e. The number of carbonyl (C=O) groups excluding carboxylic acids is 3. The molecule has 0 amide bonds. The molecule has 0 aliphatic carbocycles. The minimum atomic E-state index is -0.773. The number of hydrogen-bond donors (Lipinski definition) is 0. The summed E-state index contributed by atoms with van der Waals surface area (Å²) in [7, 11) is 0. The fourth-order valence-corrected chi connectivity index (χ4v) is 10.7. The first kappa shape index (κ1) is 77.4. The standard InChI is InChI=1S/C74H136O6/c1-4-7-10-13-16-19-22-24-26-28-30-31-32-33-34-35-36-37-38-39-40-41-42-43-44-46-47-49-52-55-58-61-64-67-73(76)79-70-71(69-78-72(75)66-63-60-57-54-51-21-18-15-12-9-6-3)80-74(77)68-65-62-59-56-53-50-48-45-29-27-25-23-20-17-14-11-8-5-2/h15,18,22,24,28,30,32-33,71H,4-14,16-17,19-21,23,25-27,29,31,34-70H2,1-3H3/b18-15-,24-22-,30-28-,33-32-. The number of unbranched alkanes of at least 4 members (excludes halogenated alkanes) is 47. The predicted molar refractivity (Wildman–Crippen MR) is 349 cm³/mol. The van der Waals surface area contributed by atoms with E-state index in [9.17, 15) is 14.4 Å². The first-order chi connectivity index (χ1) is 39.5. The summed E-state index contributed by atoms with van der Waals surface area (Å²) < 4.78 is 16.9. The molecule has 0 aromatic heterocycles. The smallest absolute Gasteiger partial charge is 0.306 e. The van der Waals surface area contributed by atoms with Crippen LogP contribution in [-0.2, 0) is 28.6 Å². The van der Waals surface area contributed by atoms with E-state index >= 15 is 0 Å². The molecule has 0 spiro atoms. The Bertz CT molecular complexity index is 1380. The van der Waals surface area contributed by atoms with Crippen LogP contribution in [-0.4, -0.2) is 37.2 Å². The van der Waals surface area contributed by atoms with Gasteiger partial charge in [-0.05, 0) is 77.0 Å². The van der Waals surface area contributed by atoms with Crippen molar-refractivity contribution in [2.75, 3.05) is 13.2 Å². The van der Waals surface area contributed by atoms with Crippen LogP contribution in [0.2, 0.25) is 0 Å². The maximum atomic E-state index is 12.9. The molecule has 0 aliphatic rings. The molecule has 1 unspecified atom stereocenters. The van der Waals surface area contributed by atoms with Gasteiger partial charge < -0.3 is 14.2 Å². The van der Waals surface area contributed by atoms with Crippen LogP contribution in [0.15, 0.2) is 48.6 Å².